The molecule has 3 aromatic rings. The number of nitrogens with zero attached hydrogens (tertiary/aromatic N) is 1. The summed E-state index contributed by atoms with van der Waals surface area (Å²) in [5, 5.41) is 9.65. The van der Waals surface area contributed by atoms with Crippen LogP contribution in [0.25, 0.3) is 0 Å². The fraction of sp³-hybridized carbons (Fsp3) is 0.292. The minimum Gasteiger partial charge on any atom is -0.496 e. The molecule has 0 fully saturated rings. The summed E-state index contributed by atoms with van der Waals surface area (Å²) in [6.45, 7) is 4.62. The van der Waals surface area contributed by atoms with E-state index in [4.69, 9.17) is 14.9 Å². The van der Waals surface area contributed by atoms with E-state index in [1.165, 1.54) is 27.8 Å². The van der Waals surface area contributed by atoms with E-state index in [1.807, 2.05) is 29.5 Å². The SMILES string of the molecule is COc1cc(OCCN2CCc3sccc3C2c2ccc(C)cc2)ccc1C=N. The molecule has 0 radical (unpaired) electrons. The molecule has 4 nitrogen and oxygen atoms in total. The molecule has 1 atom stereocenters. The Morgan fingerprint density at radius 3 is 2.76 bits per heavy atom. The molecular weight excluding hydrogens is 380 g/mol. The molecule has 150 valence electrons. The molecule has 0 spiro atoms. The fourth-order valence-corrected chi connectivity index (χ4v) is 4.83. The van der Waals surface area contributed by atoms with Gasteiger partial charge in [0.25, 0.3) is 0 Å². The second-order valence-corrected chi connectivity index (χ2v) is 8.30. The highest BCUT2D eigenvalue weighted by molar-refractivity contribution is 7.10. The van der Waals surface area contributed by atoms with E-state index >= 15 is 0 Å². The van der Waals surface area contributed by atoms with Crippen LogP contribution in [-0.4, -0.2) is 37.9 Å². The number of ether oxygens (including phenoxy) is 2. The lowest BCUT2D eigenvalue weighted by molar-refractivity contribution is 0.171. The number of methoxy groups -OCH3 is 1. The van der Waals surface area contributed by atoms with E-state index < -0.39 is 0 Å². The maximum absolute atomic E-state index is 7.44. The van der Waals surface area contributed by atoms with Gasteiger partial charge >= 0.3 is 0 Å². The lowest BCUT2D eigenvalue weighted by Crippen LogP contribution is -2.38. The van der Waals surface area contributed by atoms with Gasteiger partial charge in [-0.05, 0) is 48.1 Å². The first-order chi connectivity index (χ1) is 14.2. The first kappa shape index (κ1) is 19.7. The molecule has 1 aliphatic rings. The Hall–Kier alpha value is -2.63. The molecular formula is C24H26N2O2S. The van der Waals surface area contributed by atoms with Gasteiger partial charge in [-0.25, -0.2) is 0 Å². The van der Waals surface area contributed by atoms with Crippen molar-refractivity contribution in [1.82, 2.24) is 4.90 Å². The van der Waals surface area contributed by atoms with Crippen molar-refractivity contribution in [3.05, 3.63) is 81.0 Å². The molecule has 1 unspecified atom stereocenters. The van der Waals surface area contributed by atoms with Gasteiger partial charge in [-0.3, -0.25) is 4.90 Å². The predicted octanol–water partition coefficient (Wildman–Crippen LogP) is 5.09. The van der Waals surface area contributed by atoms with Crippen molar-refractivity contribution < 1.29 is 9.47 Å². The van der Waals surface area contributed by atoms with E-state index in [2.05, 4.69) is 47.5 Å². The van der Waals surface area contributed by atoms with Crippen molar-refractivity contribution in [2.75, 3.05) is 26.8 Å². The van der Waals surface area contributed by atoms with Gasteiger partial charge < -0.3 is 14.9 Å². The normalized spacial score (nSPS) is 16.3. The standard InChI is InChI=1S/C24H26N2O2S/c1-17-3-5-18(6-4-17)24-21-10-14-29-23(21)9-11-26(24)12-13-28-20-8-7-19(16-25)22(15-20)27-2/h3-8,10,14-16,24-25H,9,11-13H2,1-2H3. The van der Waals surface area contributed by atoms with Crippen molar-refractivity contribution in [3.8, 4) is 11.5 Å². The Morgan fingerprint density at radius 2 is 2.00 bits per heavy atom. The van der Waals surface area contributed by atoms with Gasteiger partial charge in [0.15, 0.2) is 0 Å². The van der Waals surface area contributed by atoms with Crippen LogP contribution in [0.15, 0.2) is 53.9 Å². The number of aryl methyl sites for hydroxylation is 1. The zero-order valence-corrected chi connectivity index (χ0v) is 17.7. The maximum Gasteiger partial charge on any atom is 0.131 e. The fourth-order valence-electron chi connectivity index (χ4n) is 3.93. The molecule has 0 bridgehead atoms. The van der Waals surface area contributed by atoms with Gasteiger partial charge in [-0.2, -0.15) is 0 Å². The highest BCUT2D eigenvalue weighted by Gasteiger charge is 2.29. The zero-order chi connectivity index (χ0) is 20.2. The third-order valence-corrected chi connectivity index (χ3v) is 6.46. The molecule has 1 aliphatic heterocycles. The summed E-state index contributed by atoms with van der Waals surface area (Å²) in [7, 11) is 1.62. The first-order valence-corrected chi connectivity index (χ1v) is 10.8. The molecule has 5 heteroatoms. The second-order valence-electron chi connectivity index (χ2n) is 7.29. The van der Waals surface area contributed by atoms with Crippen LogP contribution in [0.3, 0.4) is 0 Å². The summed E-state index contributed by atoms with van der Waals surface area (Å²) >= 11 is 1.87. The smallest absolute Gasteiger partial charge is 0.131 e. The lowest BCUT2D eigenvalue weighted by atomic mass is 9.93. The summed E-state index contributed by atoms with van der Waals surface area (Å²) in [6.07, 6.45) is 2.39. The average Bonchev–Trinajstić information content (AvgIpc) is 3.23. The number of nitrogens with one attached hydrogen (secondary N) is 1. The molecule has 0 amide bonds. The van der Waals surface area contributed by atoms with Crippen LogP contribution < -0.4 is 9.47 Å². The summed E-state index contributed by atoms with van der Waals surface area (Å²) in [5.74, 6) is 1.43. The molecule has 29 heavy (non-hydrogen) atoms. The van der Waals surface area contributed by atoms with Crippen LogP contribution in [0.5, 0.6) is 11.5 Å². The summed E-state index contributed by atoms with van der Waals surface area (Å²) in [6, 6.07) is 17.1. The van der Waals surface area contributed by atoms with Gasteiger partial charge in [-0.15, -0.1) is 11.3 Å². The topological polar surface area (TPSA) is 45.6 Å². The van der Waals surface area contributed by atoms with Crippen LogP contribution in [0.1, 0.15) is 33.2 Å². The molecule has 0 aliphatic carbocycles. The molecule has 4 rings (SSSR count). The van der Waals surface area contributed by atoms with Crippen LogP contribution in [-0.2, 0) is 6.42 Å². The van der Waals surface area contributed by atoms with Gasteiger partial charge in [0.05, 0.1) is 13.2 Å². The van der Waals surface area contributed by atoms with Gasteiger partial charge in [-0.1, -0.05) is 29.8 Å². The van der Waals surface area contributed by atoms with Gasteiger partial charge in [0.1, 0.15) is 18.1 Å². The summed E-state index contributed by atoms with van der Waals surface area (Å²) < 4.78 is 11.4. The first-order valence-electron chi connectivity index (χ1n) is 9.88. The number of hydrogen-bond acceptors (Lipinski definition) is 5. The van der Waals surface area contributed by atoms with Crippen LogP contribution in [0.2, 0.25) is 0 Å². The quantitative estimate of drug-likeness (QED) is 0.556. The zero-order valence-electron chi connectivity index (χ0n) is 16.9. The molecule has 0 saturated carbocycles. The highest BCUT2D eigenvalue weighted by atomic mass is 32.1. The largest absolute Gasteiger partial charge is 0.496 e. The van der Waals surface area contributed by atoms with Gasteiger partial charge in [0, 0.05) is 35.8 Å². The van der Waals surface area contributed by atoms with Crippen molar-refractivity contribution in [3.63, 3.8) is 0 Å². The van der Waals surface area contributed by atoms with Gasteiger partial charge in [0.2, 0.25) is 0 Å². The molecule has 1 N–H and O–H groups in total. The predicted molar refractivity (Wildman–Crippen MR) is 119 cm³/mol. The number of benzene rings is 2. The van der Waals surface area contributed by atoms with Crippen molar-refractivity contribution >= 4 is 17.6 Å². The van der Waals surface area contributed by atoms with Crippen LogP contribution in [0.4, 0.5) is 0 Å². The molecule has 2 aromatic carbocycles. The van der Waals surface area contributed by atoms with Crippen LogP contribution in [0, 0.1) is 12.3 Å². The molecule has 0 saturated heterocycles. The summed E-state index contributed by atoms with van der Waals surface area (Å²) in [5.41, 5.74) is 4.81. The second kappa shape index (κ2) is 8.80. The number of hydrogen-bond donors (Lipinski definition) is 1. The average molecular weight is 407 g/mol. The number of thiophene rings is 1. The Kier molecular flexibility index (Phi) is 5.97. The lowest BCUT2D eigenvalue weighted by Gasteiger charge is -2.36. The van der Waals surface area contributed by atoms with Crippen LogP contribution >= 0.6 is 11.3 Å². The van der Waals surface area contributed by atoms with Crippen molar-refractivity contribution in [2.24, 2.45) is 0 Å². The molecule has 1 aromatic heterocycles. The summed E-state index contributed by atoms with van der Waals surface area (Å²) in [4.78, 5) is 4.02. The van der Waals surface area contributed by atoms with E-state index in [-0.39, 0.29) is 6.04 Å². The number of fused-ring (bicyclic) bond motifs is 1. The Labute approximate surface area is 176 Å². The van der Waals surface area contributed by atoms with E-state index in [0.29, 0.717) is 12.4 Å². The Morgan fingerprint density at radius 1 is 1.17 bits per heavy atom. The van der Waals surface area contributed by atoms with Crippen molar-refractivity contribution in [2.45, 2.75) is 19.4 Å². The molecule has 2 heterocycles. The van der Waals surface area contributed by atoms with E-state index in [9.17, 15) is 0 Å². The number of rotatable bonds is 7. The highest BCUT2D eigenvalue weighted by Crippen LogP contribution is 2.37. The monoisotopic (exact) mass is 406 g/mol. The van der Waals surface area contributed by atoms with E-state index in [1.54, 1.807) is 7.11 Å². The maximum atomic E-state index is 7.44. The third-order valence-electron chi connectivity index (χ3n) is 5.47. The van der Waals surface area contributed by atoms with Crippen molar-refractivity contribution in [1.29, 1.82) is 5.41 Å². The minimum absolute atomic E-state index is 0.282. The Bertz CT molecular complexity index is 981. The Balaban J connectivity index is 1.49. The third kappa shape index (κ3) is 4.21. The minimum atomic E-state index is 0.282. The van der Waals surface area contributed by atoms with E-state index in [0.717, 1.165) is 30.8 Å².